The molecule has 0 aliphatic carbocycles. The molecule has 0 aromatic carbocycles. The maximum atomic E-state index is 4.53. The lowest BCUT2D eigenvalue weighted by Crippen LogP contribution is -2.07. The molecule has 2 unspecified atom stereocenters. The molecular formula is C38H76NP. The van der Waals surface area contributed by atoms with Gasteiger partial charge in [0.05, 0.1) is 0 Å². The second-order valence-corrected chi connectivity index (χ2v) is 14.4. The Morgan fingerprint density at radius 3 is 1.38 bits per heavy atom. The molecule has 0 spiro atoms. The molecule has 40 heavy (non-hydrogen) atoms. The van der Waals surface area contributed by atoms with Gasteiger partial charge in [-0.15, -0.1) is 8.58 Å². The Morgan fingerprint density at radius 1 is 0.525 bits per heavy atom. The van der Waals surface area contributed by atoms with Crippen molar-refractivity contribution in [2.75, 3.05) is 19.5 Å². The summed E-state index contributed by atoms with van der Waals surface area (Å²) in [6.45, 7) is 13.5. The minimum Gasteiger partial charge on any atom is -0.316 e. The van der Waals surface area contributed by atoms with Crippen LogP contribution in [0.5, 0.6) is 0 Å². The van der Waals surface area contributed by atoms with Crippen LogP contribution in [0.3, 0.4) is 0 Å². The Balaban J connectivity index is 3.89. The first-order valence-electron chi connectivity index (χ1n) is 18.3. The fourth-order valence-corrected chi connectivity index (χ4v) is 7.08. The van der Waals surface area contributed by atoms with Crippen molar-refractivity contribution in [2.24, 2.45) is 5.92 Å². The SMILES string of the molecule is C=C(CCCCCCCC)CCCCCCCC(CCPCNC)CC(=C)CCCCCCCCCCCCC. The molecule has 2 heteroatoms. The molecule has 0 aromatic rings. The molecule has 0 amide bonds. The lowest BCUT2D eigenvalue weighted by Gasteiger charge is -2.18. The van der Waals surface area contributed by atoms with Gasteiger partial charge in [-0.05, 0) is 70.5 Å². The van der Waals surface area contributed by atoms with Crippen LogP contribution in [0.15, 0.2) is 24.3 Å². The molecule has 0 aromatic heterocycles. The van der Waals surface area contributed by atoms with Crippen LogP contribution in [-0.2, 0) is 0 Å². The highest BCUT2D eigenvalue weighted by Crippen LogP contribution is 2.27. The third-order valence-electron chi connectivity index (χ3n) is 8.77. The van der Waals surface area contributed by atoms with Crippen LogP contribution in [0.25, 0.3) is 0 Å². The van der Waals surface area contributed by atoms with Gasteiger partial charge in [0.2, 0.25) is 0 Å². The Kier molecular flexibility index (Phi) is 33.3. The number of unbranched alkanes of at least 4 members (excludes halogenated alkanes) is 19. The van der Waals surface area contributed by atoms with Crippen molar-refractivity contribution >= 4 is 8.58 Å². The van der Waals surface area contributed by atoms with Gasteiger partial charge in [0.1, 0.15) is 0 Å². The topological polar surface area (TPSA) is 12.0 Å². The summed E-state index contributed by atoms with van der Waals surface area (Å²) >= 11 is 0. The first-order chi connectivity index (χ1) is 19.6. The molecule has 0 saturated heterocycles. The summed E-state index contributed by atoms with van der Waals surface area (Å²) in [5.74, 6) is 0.877. The van der Waals surface area contributed by atoms with Crippen molar-refractivity contribution in [3.8, 4) is 0 Å². The van der Waals surface area contributed by atoms with E-state index in [4.69, 9.17) is 0 Å². The van der Waals surface area contributed by atoms with Gasteiger partial charge < -0.3 is 5.32 Å². The zero-order chi connectivity index (χ0) is 29.4. The largest absolute Gasteiger partial charge is 0.316 e. The van der Waals surface area contributed by atoms with Gasteiger partial charge in [0, 0.05) is 6.29 Å². The van der Waals surface area contributed by atoms with Crippen LogP contribution in [0.4, 0.5) is 0 Å². The Bertz CT molecular complexity index is 528. The number of allylic oxidation sites excluding steroid dienone is 2. The number of hydrogen-bond donors (Lipinski definition) is 1. The van der Waals surface area contributed by atoms with Crippen molar-refractivity contribution in [3.63, 3.8) is 0 Å². The van der Waals surface area contributed by atoms with Crippen molar-refractivity contribution in [1.82, 2.24) is 5.32 Å². The molecule has 0 radical (unpaired) electrons. The lowest BCUT2D eigenvalue weighted by molar-refractivity contribution is 0.431. The molecule has 0 rings (SSSR count). The molecule has 1 N–H and O–H groups in total. The van der Waals surface area contributed by atoms with E-state index in [9.17, 15) is 0 Å². The molecule has 1 nitrogen and oxygen atoms in total. The van der Waals surface area contributed by atoms with Gasteiger partial charge in [0.15, 0.2) is 0 Å². The second kappa shape index (κ2) is 33.4. The number of nitrogens with one attached hydrogen (secondary N) is 1. The van der Waals surface area contributed by atoms with E-state index in [1.807, 2.05) is 0 Å². The molecular weight excluding hydrogens is 501 g/mol. The third-order valence-corrected chi connectivity index (χ3v) is 10.0. The van der Waals surface area contributed by atoms with E-state index in [2.05, 4.69) is 39.4 Å². The summed E-state index contributed by atoms with van der Waals surface area (Å²) in [6, 6.07) is 0. The van der Waals surface area contributed by atoms with Gasteiger partial charge in [-0.2, -0.15) is 0 Å². The average molecular weight is 578 g/mol. The monoisotopic (exact) mass is 578 g/mol. The normalized spacial score (nSPS) is 12.5. The molecule has 0 saturated carbocycles. The van der Waals surface area contributed by atoms with Crippen LogP contribution in [0, 0.1) is 5.92 Å². The average Bonchev–Trinajstić information content (AvgIpc) is 2.95. The smallest absolute Gasteiger partial charge is 0.0124 e. The van der Waals surface area contributed by atoms with E-state index in [1.54, 1.807) is 5.57 Å². The van der Waals surface area contributed by atoms with Gasteiger partial charge in [-0.1, -0.05) is 167 Å². The Hall–Kier alpha value is -0.130. The first-order valence-corrected chi connectivity index (χ1v) is 19.7. The van der Waals surface area contributed by atoms with Crippen LogP contribution < -0.4 is 5.32 Å². The molecule has 0 heterocycles. The predicted octanol–water partition coefficient (Wildman–Crippen LogP) is 13.5. The standard InChI is InChI=1S/C38H76NP/c1-6-8-10-12-14-15-16-17-18-21-26-30-37(4)34-38(32-33-40-35-39-5)31-27-23-19-22-25-29-36(3)28-24-20-13-11-9-7-2/h38-40H,3-4,6-35H2,1-2,5H3. The molecule has 0 fully saturated rings. The molecule has 238 valence electrons. The molecule has 0 aliphatic heterocycles. The summed E-state index contributed by atoms with van der Waals surface area (Å²) in [5, 5.41) is 3.34. The minimum atomic E-state index is 0.877. The number of hydrogen-bond acceptors (Lipinski definition) is 1. The summed E-state index contributed by atoms with van der Waals surface area (Å²) in [4.78, 5) is 0. The van der Waals surface area contributed by atoms with E-state index < -0.39 is 0 Å². The van der Waals surface area contributed by atoms with E-state index in [0.717, 1.165) is 14.5 Å². The third kappa shape index (κ3) is 30.8. The lowest BCUT2D eigenvalue weighted by atomic mass is 9.90. The minimum absolute atomic E-state index is 0.877. The van der Waals surface area contributed by atoms with Crippen LogP contribution >= 0.6 is 8.58 Å². The fourth-order valence-electron chi connectivity index (χ4n) is 6.04. The first kappa shape index (κ1) is 39.9. The summed E-state index contributed by atoms with van der Waals surface area (Å²) in [7, 11) is 3.16. The quantitative estimate of drug-likeness (QED) is 0.0455. The van der Waals surface area contributed by atoms with Gasteiger partial charge in [0.25, 0.3) is 0 Å². The fraction of sp³-hybridized carbons (Fsp3) is 0.895. The zero-order valence-corrected chi connectivity index (χ0v) is 29.2. The van der Waals surface area contributed by atoms with Crippen LogP contribution in [0.2, 0.25) is 0 Å². The predicted molar refractivity (Wildman–Crippen MR) is 190 cm³/mol. The summed E-state index contributed by atoms with van der Waals surface area (Å²) < 4.78 is 0. The van der Waals surface area contributed by atoms with E-state index >= 15 is 0 Å². The van der Waals surface area contributed by atoms with Crippen molar-refractivity contribution in [3.05, 3.63) is 24.3 Å². The van der Waals surface area contributed by atoms with Crippen LogP contribution in [-0.4, -0.2) is 19.5 Å². The molecule has 0 aliphatic rings. The highest BCUT2D eigenvalue weighted by Gasteiger charge is 2.11. The van der Waals surface area contributed by atoms with Gasteiger partial charge >= 0.3 is 0 Å². The van der Waals surface area contributed by atoms with Crippen molar-refractivity contribution < 1.29 is 0 Å². The van der Waals surface area contributed by atoms with E-state index in [-0.39, 0.29) is 0 Å². The van der Waals surface area contributed by atoms with Gasteiger partial charge in [-0.25, -0.2) is 0 Å². The number of rotatable bonds is 34. The highest BCUT2D eigenvalue weighted by atomic mass is 31.1. The second-order valence-electron chi connectivity index (χ2n) is 13.0. The van der Waals surface area contributed by atoms with E-state index in [1.165, 1.54) is 198 Å². The maximum Gasteiger partial charge on any atom is 0.0124 e. The molecule has 0 bridgehead atoms. The van der Waals surface area contributed by atoms with Crippen molar-refractivity contribution in [1.29, 1.82) is 0 Å². The molecule has 2 atom stereocenters. The zero-order valence-electron chi connectivity index (χ0n) is 28.2. The maximum absolute atomic E-state index is 4.53. The Labute approximate surface area is 256 Å². The Morgan fingerprint density at radius 2 is 0.925 bits per heavy atom. The summed E-state index contributed by atoms with van der Waals surface area (Å²) in [6.07, 6.45) is 41.6. The van der Waals surface area contributed by atoms with Crippen LogP contribution in [0.1, 0.15) is 194 Å². The van der Waals surface area contributed by atoms with Gasteiger partial charge in [-0.3, -0.25) is 0 Å². The highest BCUT2D eigenvalue weighted by molar-refractivity contribution is 7.37. The van der Waals surface area contributed by atoms with Crippen molar-refractivity contribution in [2.45, 2.75) is 194 Å². The summed E-state index contributed by atoms with van der Waals surface area (Å²) in [5.41, 5.74) is 3.05. The van der Waals surface area contributed by atoms with E-state index in [0.29, 0.717) is 0 Å².